The molecule has 0 saturated heterocycles. The molecule has 0 saturated carbocycles. The number of fused-ring (bicyclic) bond motifs is 1. The van der Waals surface area contributed by atoms with Gasteiger partial charge in [0, 0.05) is 17.4 Å². The monoisotopic (exact) mass is 419 g/mol. The maximum Gasteiger partial charge on any atom is 0.408 e. The minimum absolute atomic E-state index is 0.0891. The fraction of sp³-hybridized carbons (Fsp3) is 0.208. The Hall–Kier alpha value is -3.74. The van der Waals surface area contributed by atoms with Gasteiger partial charge >= 0.3 is 6.09 Å². The van der Waals surface area contributed by atoms with Gasteiger partial charge in [0.1, 0.15) is 12.4 Å². The van der Waals surface area contributed by atoms with Gasteiger partial charge in [0.15, 0.2) is 0 Å². The molecule has 0 unspecified atom stereocenters. The highest BCUT2D eigenvalue weighted by molar-refractivity contribution is 6.05. The Morgan fingerprint density at radius 2 is 2.03 bits per heavy atom. The van der Waals surface area contributed by atoms with E-state index in [0.29, 0.717) is 35.3 Å². The van der Waals surface area contributed by atoms with E-state index in [1.165, 1.54) is 12.1 Å². The highest BCUT2D eigenvalue weighted by Crippen LogP contribution is 2.34. The number of ether oxygens (including phenoxy) is 1. The van der Waals surface area contributed by atoms with Crippen LogP contribution in [0.4, 0.5) is 14.9 Å². The lowest BCUT2D eigenvalue weighted by atomic mass is 10.0. The van der Waals surface area contributed by atoms with Gasteiger partial charge in [0.25, 0.3) is 5.91 Å². The molecule has 6 nitrogen and oxygen atoms in total. The number of nitrogens with one attached hydrogen (secondary N) is 2. The molecule has 7 heteroatoms. The van der Waals surface area contributed by atoms with Crippen molar-refractivity contribution in [3.05, 3.63) is 94.6 Å². The van der Waals surface area contributed by atoms with Crippen LogP contribution in [0.3, 0.4) is 0 Å². The molecule has 4 rings (SSSR count). The lowest BCUT2D eigenvalue weighted by Gasteiger charge is -2.15. The lowest BCUT2D eigenvalue weighted by Crippen LogP contribution is -2.28. The molecule has 0 radical (unpaired) electrons. The van der Waals surface area contributed by atoms with Crippen LogP contribution in [0.25, 0.3) is 0 Å². The van der Waals surface area contributed by atoms with Crippen LogP contribution < -0.4 is 10.6 Å². The SMILES string of the molecule is Cc1cc(NC(=O)c2cccc3c2CC[C@@H]3NC(=O)OCc2ccccn2)ccc1F. The van der Waals surface area contributed by atoms with Crippen molar-refractivity contribution in [3.8, 4) is 0 Å². The fourth-order valence-electron chi connectivity index (χ4n) is 3.74. The summed E-state index contributed by atoms with van der Waals surface area (Å²) in [4.78, 5) is 29.2. The number of hydrogen-bond acceptors (Lipinski definition) is 4. The number of amides is 2. The number of pyridine rings is 1. The Morgan fingerprint density at radius 1 is 1.16 bits per heavy atom. The molecule has 0 bridgehead atoms. The van der Waals surface area contributed by atoms with Crippen molar-refractivity contribution in [1.29, 1.82) is 0 Å². The van der Waals surface area contributed by atoms with Crippen LogP contribution in [0, 0.1) is 12.7 Å². The first kappa shape index (κ1) is 20.5. The van der Waals surface area contributed by atoms with Crippen LogP contribution in [0.15, 0.2) is 60.8 Å². The normalized spacial score (nSPS) is 14.6. The third-order valence-corrected chi connectivity index (χ3v) is 5.30. The molecule has 158 valence electrons. The molecule has 0 spiro atoms. The van der Waals surface area contributed by atoms with E-state index in [0.717, 1.165) is 11.1 Å². The molecular formula is C24H22FN3O3. The van der Waals surface area contributed by atoms with Gasteiger partial charge in [0.2, 0.25) is 0 Å². The smallest absolute Gasteiger partial charge is 0.408 e. The summed E-state index contributed by atoms with van der Waals surface area (Å²) in [5.41, 5.74) is 4.01. The van der Waals surface area contributed by atoms with Gasteiger partial charge in [-0.25, -0.2) is 9.18 Å². The third-order valence-electron chi connectivity index (χ3n) is 5.30. The largest absolute Gasteiger partial charge is 0.443 e. The lowest BCUT2D eigenvalue weighted by molar-refractivity contribution is 0.102. The van der Waals surface area contributed by atoms with Crippen molar-refractivity contribution in [3.63, 3.8) is 0 Å². The first-order chi connectivity index (χ1) is 15.0. The van der Waals surface area contributed by atoms with Gasteiger partial charge < -0.3 is 15.4 Å². The Balaban J connectivity index is 1.43. The zero-order valence-corrected chi connectivity index (χ0v) is 17.0. The van der Waals surface area contributed by atoms with Crippen LogP contribution in [0.2, 0.25) is 0 Å². The van der Waals surface area contributed by atoms with Crippen LogP contribution >= 0.6 is 0 Å². The van der Waals surface area contributed by atoms with Crippen LogP contribution in [-0.4, -0.2) is 17.0 Å². The van der Waals surface area contributed by atoms with Gasteiger partial charge in [-0.05, 0) is 72.9 Å². The number of aromatic nitrogens is 1. The maximum absolute atomic E-state index is 13.5. The predicted octanol–water partition coefficient (Wildman–Crippen LogP) is 4.70. The molecule has 1 aliphatic carbocycles. The Morgan fingerprint density at radius 3 is 2.81 bits per heavy atom. The second kappa shape index (κ2) is 8.95. The molecule has 1 atom stereocenters. The molecular weight excluding hydrogens is 397 g/mol. The highest BCUT2D eigenvalue weighted by atomic mass is 19.1. The number of hydrogen-bond donors (Lipinski definition) is 2. The molecule has 2 aromatic carbocycles. The molecule has 1 aromatic heterocycles. The van der Waals surface area contributed by atoms with E-state index >= 15 is 0 Å². The number of alkyl carbamates (subject to hydrolysis) is 1. The number of halogens is 1. The number of carbonyl (C=O) groups excluding carboxylic acids is 2. The minimum atomic E-state index is -0.528. The quantitative estimate of drug-likeness (QED) is 0.629. The van der Waals surface area contributed by atoms with Crippen LogP contribution in [-0.2, 0) is 17.8 Å². The minimum Gasteiger partial charge on any atom is -0.443 e. The van der Waals surface area contributed by atoms with E-state index < -0.39 is 6.09 Å². The molecule has 1 heterocycles. The fourth-order valence-corrected chi connectivity index (χ4v) is 3.74. The van der Waals surface area contributed by atoms with Crippen molar-refractivity contribution in [2.24, 2.45) is 0 Å². The molecule has 31 heavy (non-hydrogen) atoms. The van der Waals surface area contributed by atoms with Gasteiger partial charge in [-0.1, -0.05) is 18.2 Å². The number of aryl methyl sites for hydroxylation is 1. The van der Waals surface area contributed by atoms with Gasteiger partial charge in [-0.3, -0.25) is 9.78 Å². The number of carbonyl (C=O) groups is 2. The average molecular weight is 419 g/mol. The summed E-state index contributed by atoms with van der Waals surface area (Å²) >= 11 is 0. The highest BCUT2D eigenvalue weighted by Gasteiger charge is 2.28. The summed E-state index contributed by atoms with van der Waals surface area (Å²) in [5.74, 6) is -0.580. The van der Waals surface area contributed by atoms with E-state index in [2.05, 4.69) is 15.6 Å². The second-order valence-electron chi connectivity index (χ2n) is 7.42. The van der Waals surface area contributed by atoms with E-state index in [-0.39, 0.29) is 24.4 Å². The third kappa shape index (κ3) is 4.71. The first-order valence-corrected chi connectivity index (χ1v) is 10.0. The number of anilines is 1. The zero-order valence-electron chi connectivity index (χ0n) is 17.0. The van der Waals surface area contributed by atoms with Crippen molar-refractivity contribution in [2.45, 2.75) is 32.4 Å². The first-order valence-electron chi connectivity index (χ1n) is 10.0. The number of nitrogens with zero attached hydrogens (tertiary/aromatic N) is 1. The van der Waals surface area contributed by atoms with Crippen molar-refractivity contribution >= 4 is 17.7 Å². The van der Waals surface area contributed by atoms with Crippen LogP contribution in [0.5, 0.6) is 0 Å². The van der Waals surface area contributed by atoms with Crippen molar-refractivity contribution in [1.82, 2.24) is 10.3 Å². The summed E-state index contributed by atoms with van der Waals surface area (Å²) in [6.45, 7) is 1.74. The summed E-state index contributed by atoms with van der Waals surface area (Å²) in [5, 5.41) is 5.70. The standard InChI is InChI=1S/C24H22FN3O3/c1-15-13-16(8-10-21(15)25)27-23(29)20-7-4-6-19-18(20)9-11-22(19)28-24(30)31-14-17-5-2-3-12-26-17/h2-8,10,12-13,22H,9,11,14H2,1H3,(H,27,29)(H,28,30)/t22-/m0/s1. The van der Waals surface area contributed by atoms with E-state index in [4.69, 9.17) is 4.74 Å². The van der Waals surface area contributed by atoms with Crippen molar-refractivity contribution in [2.75, 3.05) is 5.32 Å². The summed E-state index contributed by atoms with van der Waals surface area (Å²) < 4.78 is 18.7. The molecule has 1 aliphatic rings. The Bertz CT molecular complexity index is 1120. The molecule has 2 N–H and O–H groups in total. The van der Waals surface area contributed by atoms with E-state index in [1.54, 1.807) is 43.5 Å². The maximum atomic E-state index is 13.5. The van der Waals surface area contributed by atoms with E-state index in [1.807, 2.05) is 12.1 Å². The molecule has 0 aliphatic heterocycles. The number of rotatable bonds is 5. The summed E-state index contributed by atoms with van der Waals surface area (Å²) in [6, 6.07) is 15.1. The predicted molar refractivity (Wildman–Crippen MR) is 114 cm³/mol. The summed E-state index contributed by atoms with van der Waals surface area (Å²) in [7, 11) is 0. The van der Waals surface area contributed by atoms with E-state index in [9.17, 15) is 14.0 Å². The second-order valence-corrected chi connectivity index (χ2v) is 7.42. The average Bonchev–Trinajstić information content (AvgIpc) is 3.18. The zero-order chi connectivity index (χ0) is 21.8. The van der Waals surface area contributed by atoms with Crippen molar-refractivity contribution < 1.29 is 18.7 Å². The summed E-state index contributed by atoms with van der Waals surface area (Å²) in [6.07, 6.45) is 2.45. The Labute approximate surface area is 179 Å². The van der Waals surface area contributed by atoms with Gasteiger partial charge in [0.05, 0.1) is 11.7 Å². The topological polar surface area (TPSA) is 80.3 Å². The van der Waals surface area contributed by atoms with Gasteiger partial charge in [-0.2, -0.15) is 0 Å². The molecule has 0 fully saturated rings. The van der Waals surface area contributed by atoms with Crippen LogP contribution in [0.1, 0.15) is 45.2 Å². The molecule has 3 aromatic rings. The van der Waals surface area contributed by atoms with Gasteiger partial charge in [-0.15, -0.1) is 0 Å². The Kier molecular flexibility index (Phi) is 5.93. The molecule has 2 amide bonds. The number of benzene rings is 2.